The molecule has 2 heteroatoms. The van der Waals surface area contributed by atoms with Crippen LogP contribution in [0.25, 0.3) is 10.8 Å². The Morgan fingerprint density at radius 3 is 2.67 bits per heavy atom. The quantitative estimate of drug-likeness (QED) is 0.794. The van der Waals surface area contributed by atoms with Crippen LogP contribution >= 0.6 is 0 Å². The van der Waals surface area contributed by atoms with Crippen LogP contribution in [0.3, 0.4) is 0 Å². The van der Waals surface area contributed by atoms with Gasteiger partial charge in [0, 0.05) is 0 Å². The van der Waals surface area contributed by atoms with Crippen molar-refractivity contribution < 1.29 is 4.79 Å². The van der Waals surface area contributed by atoms with E-state index in [1.807, 2.05) is 0 Å². The summed E-state index contributed by atoms with van der Waals surface area (Å²) >= 11 is -0.349. The molecule has 0 atom stereocenters. The second-order valence-electron chi connectivity index (χ2n) is 3.47. The minimum absolute atomic E-state index is 0.310. The van der Waals surface area contributed by atoms with Gasteiger partial charge in [-0.2, -0.15) is 0 Å². The molecule has 0 unspecified atom stereocenters. The Balaban J connectivity index is 2.38. The number of benzene rings is 2. The second kappa shape index (κ2) is 4.79. The Labute approximate surface area is 99.6 Å². The van der Waals surface area contributed by atoms with Crippen molar-refractivity contribution in [2.45, 2.75) is 11.4 Å². The van der Waals surface area contributed by atoms with Crippen LogP contribution in [0.1, 0.15) is 6.92 Å². The molecular weight excluding hydrogens is 300 g/mol. The van der Waals surface area contributed by atoms with Crippen LogP contribution in [0.15, 0.2) is 42.5 Å². The maximum atomic E-state index is 11.0. The number of carbonyl (C=O) groups is 1. The number of Topliss-reactive ketones (excluding diaryl/α,β-unsaturated/α-hetero) is 1. The van der Waals surface area contributed by atoms with E-state index in [0.717, 1.165) is 4.47 Å². The SMILES string of the molecule is CC(=O)C[Te]c1cccc2ccccc12. The van der Waals surface area contributed by atoms with Crippen LogP contribution in [0.5, 0.6) is 0 Å². The summed E-state index contributed by atoms with van der Waals surface area (Å²) in [7, 11) is 0. The van der Waals surface area contributed by atoms with E-state index in [4.69, 9.17) is 0 Å². The molecule has 2 aromatic rings. The monoisotopic (exact) mass is 314 g/mol. The fourth-order valence-corrected chi connectivity index (χ4v) is 4.00. The van der Waals surface area contributed by atoms with E-state index in [2.05, 4.69) is 42.5 Å². The molecule has 0 saturated carbocycles. The van der Waals surface area contributed by atoms with E-state index >= 15 is 0 Å². The summed E-state index contributed by atoms with van der Waals surface area (Å²) in [6, 6.07) is 14.8. The third kappa shape index (κ3) is 2.59. The predicted octanol–water partition coefficient (Wildman–Crippen LogP) is 2.18. The van der Waals surface area contributed by atoms with Gasteiger partial charge < -0.3 is 0 Å². The van der Waals surface area contributed by atoms with Crippen LogP contribution < -0.4 is 3.61 Å². The average molecular weight is 312 g/mol. The van der Waals surface area contributed by atoms with E-state index in [1.165, 1.54) is 14.4 Å². The molecule has 0 saturated heterocycles. The van der Waals surface area contributed by atoms with Gasteiger partial charge in [-0.15, -0.1) is 0 Å². The number of rotatable bonds is 3. The predicted molar refractivity (Wildman–Crippen MR) is 64.8 cm³/mol. The maximum absolute atomic E-state index is 11.0. The summed E-state index contributed by atoms with van der Waals surface area (Å²) in [5.41, 5.74) is 0. The van der Waals surface area contributed by atoms with Gasteiger partial charge >= 0.3 is 99.7 Å². The minimum atomic E-state index is -0.349. The van der Waals surface area contributed by atoms with Crippen molar-refractivity contribution in [2.24, 2.45) is 0 Å². The number of hydrogen-bond donors (Lipinski definition) is 0. The van der Waals surface area contributed by atoms with E-state index in [-0.39, 0.29) is 20.9 Å². The molecular formula is C13H12OTe. The van der Waals surface area contributed by atoms with Crippen molar-refractivity contribution in [2.75, 3.05) is 0 Å². The van der Waals surface area contributed by atoms with Gasteiger partial charge in [0.1, 0.15) is 0 Å². The fraction of sp³-hybridized carbons (Fsp3) is 0.154. The Bertz CT molecular complexity index is 485. The normalized spacial score (nSPS) is 10.5. The molecule has 0 aliphatic rings. The molecule has 76 valence electrons. The zero-order valence-electron chi connectivity index (χ0n) is 8.57. The number of fused-ring (bicyclic) bond motifs is 1. The van der Waals surface area contributed by atoms with Crippen LogP contribution in [0, 0.1) is 0 Å². The molecule has 0 amide bonds. The summed E-state index contributed by atoms with van der Waals surface area (Å²) < 4.78 is 2.16. The topological polar surface area (TPSA) is 17.1 Å². The van der Waals surface area contributed by atoms with Crippen LogP contribution in [0.2, 0.25) is 4.47 Å². The zero-order chi connectivity index (χ0) is 10.7. The molecule has 1 nitrogen and oxygen atoms in total. The van der Waals surface area contributed by atoms with Crippen LogP contribution in [0.4, 0.5) is 0 Å². The molecule has 0 aliphatic carbocycles. The van der Waals surface area contributed by atoms with Crippen molar-refractivity contribution in [3.05, 3.63) is 42.5 Å². The molecule has 0 bridgehead atoms. The van der Waals surface area contributed by atoms with E-state index in [0.29, 0.717) is 5.78 Å². The first-order chi connectivity index (χ1) is 7.27. The molecule has 0 radical (unpaired) electrons. The second-order valence-corrected chi connectivity index (χ2v) is 6.37. The first kappa shape index (κ1) is 10.7. The third-order valence-corrected chi connectivity index (χ3v) is 5.66. The Kier molecular flexibility index (Phi) is 3.41. The summed E-state index contributed by atoms with van der Waals surface area (Å²) in [4.78, 5) is 11.0. The Hall–Kier alpha value is -0.840. The van der Waals surface area contributed by atoms with Crippen molar-refractivity contribution >= 4 is 41.1 Å². The molecule has 0 heterocycles. The number of hydrogen-bond acceptors (Lipinski definition) is 1. The van der Waals surface area contributed by atoms with Crippen molar-refractivity contribution in [3.8, 4) is 0 Å². The average Bonchev–Trinajstić information content (AvgIpc) is 2.26. The molecule has 2 rings (SSSR count). The van der Waals surface area contributed by atoms with Crippen molar-refractivity contribution in [3.63, 3.8) is 0 Å². The molecule has 0 spiro atoms. The first-order valence-corrected chi connectivity index (χ1v) is 7.68. The third-order valence-electron chi connectivity index (χ3n) is 2.18. The van der Waals surface area contributed by atoms with Crippen LogP contribution in [-0.4, -0.2) is 26.7 Å². The van der Waals surface area contributed by atoms with Crippen molar-refractivity contribution in [1.29, 1.82) is 0 Å². The number of ketones is 1. The zero-order valence-corrected chi connectivity index (χ0v) is 10.9. The van der Waals surface area contributed by atoms with Crippen molar-refractivity contribution in [1.82, 2.24) is 0 Å². The van der Waals surface area contributed by atoms with Gasteiger partial charge in [0.25, 0.3) is 0 Å². The summed E-state index contributed by atoms with van der Waals surface area (Å²) in [5.74, 6) is 0.310. The van der Waals surface area contributed by atoms with E-state index < -0.39 is 0 Å². The van der Waals surface area contributed by atoms with Crippen LogP contribution in [-0.2, 0) is 4.79 Å². The van der Waals surface area contributed by atoms with Gasteiger partial charge in [-0.05, 0) is 0 Å². The summed E-state index contributed by atoms with van der Waals surface area (Å²) in [5, 5.41) is 2.60. The Morgan fingerprint density at radius 1 is 1.13 bits per heavy atom. The van der Waals surface area contributed by atoms with Gasteiger partial charge in [0.15, 0.2) is 0 Å². The summed E-state index contributed by atoms with van der Waals surface area (Å²) in [6.45, 7) is 1.68. The van der Waals surface area contributed by atoms with E-state index in [9.17, 15) is 4.79 Å². The van der Waals surface area contributed by atoms with Gasteiger partial charge in [0.05, 0.1) is 0 Å². The first-order valence-electron chi connectivity index (χ1n) is 4.87. The van der Waals surface area contributed by atoms with Gasteiger partial charge in [-0.25, -0.2) is 0 Å². The molecule has 2 aromatic carbocycles. The van der Waals surface area contributed by atoms with Gasteiger partial charge in [-0.1, -0.05) is 0 Å². The molecule has 15 heavy (non-hydrogen) atoms. The summed E-state index contributed by atoms with van der Waals surface area (Å²) in [6.07, 6.45) is 0. The Morgan fingerprint density at radius 2 is 1.87 bits per heavy atom. The number of carbonyl (C=O) groups excluding carboxylic acids is 1. The molecule has 0 N–H and O–H groups in total. The van der Waals surface area contributed by atoms with E-state index in [1.54, 1.807) is 6.92 Å². The van der Waals surface area contributed by atoms with Gasteiger partial charge in [-0.3, -0.25) is 0 Å². The molecule has 0 aliphatic heterocycles. The molecule has 0 fully saturated rings. The molecule has 0 aromatic heterocycles. The standard InChI is InChI=1S/C13H12OTe/c1-10(14)9-15-13-8-4-6-11-5-2-3-7-12(11)13/h2-8H,9H2,1H3. The van der Waals surface area contributed by atoms with Gasteiger partial charge in [0.2, 0.25) is 0 Å². The fourth-order valence-electron chi connectivity index (χ4n) is 1.50.